The Bertz CT molecular complexity index is 594. The maximum Gasteiger partial charge on any atom is 0.123 e. The van der Waals surface area contributed by atoms with Crippen molar-refractivity contribution in [2.45, 2.75) is 32.5 Å². The van der Waals surface area contributed by atoms with Gasteiger partial charge in [0.2, 0.25) is 0 Å². The van der Waals surface area contributed by atoms with Gasteiger partial charge in [-0.05, 0) is 67.6 Å². The van der Waals surface area contributed by atoms with Crippen LogP contribution in [0.25, 0.3) is 0 Å². The fourth-order valence-electron chi connectivity index (χ4n) is 2.63. The Kier molecular flexibility index (Phi) is 4.10. The Balaban J connectivity index is 2.56. The SMILES string of the molecule is Cc1cc(C)c(C(Br)c2cc(F)ccc2C)c(C)c1. The summed E-state index contributed by atoms with van der Waals surface area (Å²) in [6, 6.07) is 9.30. The van der Waals surface area contributed by atoms with Gasteiger partial charge in [0.05, 0.1) is 4.83 Å². The number of hydrogen-bond acceptors (Lipinski definition) is 0. The van der Waals surface area contributed by atoms with Gasteiger partial charge in [-0.25, -0.2) is 4.39 Å². The summed E-state index contributed by atoms with van der Waals surface area (Å²) in [5, 5.41) is 0. The van der Waals surface area contributed by atoms with Crippen molar-refractivity contribution in [3.8, 4) is 0 Å². The van der Waals surface area contributed by atoms with Gasteiger partial charge < -0.3 is 0 Å². The van der Waals surface area contributed by atoms with E-state index in [2.05, 4.69) is 48.8 Å². The van der Waals surface area contributed by atoms with Crippen LogP contribution in [0.15, 0.2) is 30.3 Å². The first-order valence-electron chi connectivity index (χ1n) is 6.38. The smallest absolute Gasteiger partial charge is 0.123 e. The normalized spacial score (nSPS) is 12.5. The highest BCUT2D eigenvalue weighted by Gasteiger charge is 2.18. The van der Waals surface area contributed by atoms with E-state index in [0.717, 1.165) is 11.1 Å². The molecule has 2 heteroatoms. The molecule has 100 valence electrons. The average Bonchev–Trinajstić information content (AvgIpc) is 2.30. The third kappa shape index (κ3) is 2.89. The first-order valence-corrected chi connectivity index (χ1v) is 7.29. The second-order valence-corrected chi connectivity index (χ2v) is 6.09. The van der Waals surface area contributed by atoms with E-state index in [1.165, 1.54) is 28.3 Å². The summed E-state index contributed by atoms with van der Waals surface area (Å²) in [5.41, 5.74) is 7.07. The van der Waals surface area contributed by atoms with Crippen LogP contribution in [0, 0.1) is 33.5 Å². The molecule has 0 saturated heterocycles. The summed E-state index contributed by atoms with van der Waals surface area (Å²) < 4.78 is 13.5. The molecule has 0 amide bonds. The van der Waals surface area contributed by atoms with Crippen molar-refractivity contribution in [1.82, 2.24) is 0 Å². The molecule has 0 fully saturated rings. The Morgan fingerprint density at radius 2 is 1.47 bits per heavy atom. The van der Waals surface area contributed by atoms with Gasteiger partial charge in [0.15, 0.2) is 0 Å². The summed E-state index contributed by atoms with van der Waals surface area (Å²) >= 11 is 3.74. The number of aryl methyl sites for hydroxylation is 4. The highest BCUT2D eigenvalue weighted by molar-refractivity contribution is 9.09. The van der Waals surface area contributed by atoms with E-state index in [-0.39, 0.29) is 10.6 Å². The molecule has 0 nitrogen and oxygen atoms in total. The molecule has 1 atom stereocenters. The lowest BCUT2D eigenvalue weighted by molar-refractivity contribution is 0.625. The molecule has 2 aromatic carbocycles. The van der Waals surface area contributed by atoms with E-state index in [1.807, 2.05) is 13.0 Å². The van der Waals surface area contributed by atoms with Crippen molar-refractivity contribution in [1.29, 1.82) is 0 Å². The van der Waals surface area contributed by atoms with E-state index in [1.54, 1.807) is 6.07 Å². The van der Waals surface area contributed by atoms with E-state index in [4.69, 9.17) is 0 Å². The van der Waals surface area contributed by atoms with E-state index >= 15 is 0 Å². The molecule has 0 aliphatic heterocycles. The molecular formula is C17H18BrF. The van der Waals surface area contributed by atoms with Gasteiger partial charge in [-0.1, -0.05) is 39.7 Å². The van der Waals surface area contributed by atoms with Crippen LogP contribution in [-0.4, -0.2) is 0 Å². The lowest BCUT2D eigenvalue weighted by Crippen LogP contribution is -2.02. The number of benzene rings is 2. The summed E-state index contributed by atoms with van der Waals surface area (Å²) in [6.07, 6.45) is 0. The third-order valence-electron chi connectivity index (χ3n) is 3.51. The van der Waals surface area contributed by atoms with Crippen LogP contribution in [0.5, 0.6) is 0 Å². The zero-order valence-electron chi connectivity index (χ0n) is 11.7. The molecule has 0 radical (unpaired) electrons. The molecule has 0 aliphatic rings. The Morgan fingerprint density at radius 3 is 2.05 bits per heavy atom. The van der Waals surface area contributed by atoms with Gasteiger partial charge in [0.1, 0.15) is 5.82 Å². The number of alkyl halides is 1. The van der Waals surface area contributed by atoms with Crippen molar-refractivity contribution >= 4 is 15.9 Å². The average molecular weight is 321 g/mol. The van der Waals surface area contributed by atoms with E-state index < -0.39 is 0 Å². The van der Waals surface area contributed by atoms with Crippen LogP contribution in [-0.2, 0) is 0 Å². The molecule has 0 N–H and O–H groups in total. The largest absolute Gasteiger partial charge is 0.207 e. The number of halogens is 2. The van der Waals surface area contributed by atoms with Crippen molar-refractivity contribution in [3.63, 3.8) is 0 Å². The van der Waals surface area contributed by atoms with Crippen molar-refractivity contribution < 1.29 is 4.39 Å². The lowest BCUT2D eigenvalue weighted by atomic mass is 9.92. The predicted molar refractivity (Wildman–Crippen MR) is 82.6 cm³/mol. The molecule has 19 heavy (non-hydrogen) atoms. The molecule has 2 rings (SSSR count). The third-order valence-corrected chi connectivity index (χ3v) is 4.46. The van der Waals surface area contributed by atoms with Crippen LogP contribution in [0.2, 0.25) is 0 Å². The van der Waals surface area contributed by atoms with Gasteiger partial charge in [0, 0.05) is 0 Å². The quantitative estimate of drug-likeness (QED) is 0.637. The Hall–Kier alpha value is -1.15. The Morgan fingerprint density at radius 1 is 0.895 bits per heavy atom. The molecule has 0 spiro atoms. The van der Waals surface area contributed by atoms with Crippen LogP contribution >= 0.6 is 15.9 Å². The molecular weight excluding hydrogens is 303 g/mol. The van der Waals surface area contributed by atoms with Gasteiger partial charge in [-0.15, -0.1) is 0 Å². The van der Waals surface area contributed by atoms with Crippen LogP contribution in [0.1, 0.15) is 38.2 Å². The van der Waals surface area contributed by atoms with Gasteiger partial charge in [-0.3, -0.25) is 0 Å². The molecule has 0 aliphatic carbocycles. The van der Waals surface area contributed by atoms with Crippen molar-refractivity contribution in [3.05, 3.63) is 69.5 Å². The summed E-state index contributed by atoms with van der Waals surface area (Å²) in [5.74, 6) is -0.188. The summed E-state index contributed by atoms with van der Waals surface area (Å²) in [7, 11) is 0. The molecule has 0 saturated carbocycles. The topological polar surface area (TPSA) is 0 Å². The Labute approximate surface area is 122 Å². The standard InChI is InChI=1S/C17H18BrF/c1-10-7-12(3)16(13(4)8-10)17(18)15-9-14(19)6-5-11(15)2/h5-9,17H,1-4H3. The van der Waals surface area contributed by atoms with Gasteiger partial charge in [0.25, 0.3) is 0 Å². The number of rotatable bonds is 2. The monoisotopic (exact) mass is 320 g/mol. The van der Waals surface area contributed by atoms with E-state index in [0.29, 0.717) is 0 Å². The molecule has 1 unspecified atom stereocenters. The van der Waals surface area contributed by atoms with Gasteiger partial charge in [-0.2, -0.15) is 0 Å². The van der Waals surface area contributed by atoms with Crippen molar-refractivity contribution in [2.75, 3.05) is 0 Å². The first kappa shape index (κ1) is 14.3. The maximum atomic E-state index is 13.5. The molecule has 0 bridgehead atoms. The van der Waals surface area contributed by atoms with Crippen LogP contribution in [0.3, 0.4) is 0 Å². The summed E-state index contributed by atoms with van der Waals surface area (Å²) in [6.45, 7) is 8.33. The zero-order chi connectivity index (χ0) is 14.2. The maximum absolute atomic E-state index is 13.5. The molecule has 0 heterocycles. The zero-order valence-corrected chi connectivity index (χ0v) is 13.3. The van der Waals surface area contributed by atoms with Crippen LogP contribution < -0.4 is 0 Å². The minimum absolute atomic E-state index is 0.0313. The first-order chi connectivity index (χ1) is 8.90. The minimum Gasteiger partial charge on any atom is -0.207 e. The van der Waals surface area contributed by atoms with E-state index in [9.17, 15) is 4.39 Å². The van der Waals surface area contributed by atoms with Gasteiger partial charge >= 0.3 is 0 Å². The lowest BCUT2D eigenvalue weighted by Gasteiger charge is -2.19. The molecule has 0 aromatic heterocycles. The predicted octanol–water partition coefficient (Wildman–Crippen LogP) is 5.54. The van der Waals surface area contributed by atoms with Crippen LogP contribution in [0.4, 0.5) is 4.39 Å². The number of hydrogen-bond donors (Lipinski definition) is 0. The fraction of sp³-hybridized carbons (Fsp3) is 0.294. The second kappa shape index (κ2) is 5.46. The highest BCUT2D eigenvalue weighted by atomic mass is 79.9. The minimum atomic E-state index is -0.188. The molecule has 2 aromatic rings. The highest BCUT2D eigenvalue weighted by Crippen LogP contribution is 2.37. The fourth-order valence-corrected chi connectivity index (χ4v) is 3.85. The second-order valence-electron chi connectivity index (χ2n) is 5.18. The van der Waals surface area contributed by atoms with Crippen molar-refractivity contribution in [2.24, 2.45) is 0 Å². The summed E-state index contributed by atoms with van der Waals surface area (Å²) in [4.78, 5) is 0.0313.